The minimum Gasteiger partial charge on any atom is -0.507 e. The van der Waals surface area contributed by atoms with Crippen LogP contribution in [0.5, 0.6) is 5.75 Å². The number of unbranched alkanes of at least 4 members (excludes halogenated alkanes) is 6. The van der Waals surface area contributed by atoms with Crippen molar-refractivity contribution >= 4 is 5.97 Å². The molecule has 0 radical (unpaired) electrons. The summed E-state index contributed by atoms with van der Waals surface area (Å²) in [7, 11) is 1.34. The number of methoxy groups -OCH3 is 1. The zero-order valence-corrected chi connectivity index (χ0v) is 12.7. The number of rotatable bonds is 9. The zero-order valence-electron chi connectivity index (χ0n) is 12.7. The molecule has 1 aromatic rings. The summed E-state index contributed by atoms with van der Waals surface area (Å²) < 4.78 is 4.73. The average molecular weight is 278 g/mol. The number of hydrogen-bond donors (Lipinski definition) is 1. The Morgan fingerprint density at radius 1 is 1.10 bits per heavy atom. The highest BCUT2D eigenvalue weighted by Crippen LogP contribution is 2.23. The third kappa shape index (κ3) is 5.24. The summed E-state index contributed by atoms with van der Waals surface area (Å²) in [5, 5.41) is 9.79. The van der Waals surface area contributed by atoms with Crippen molar-refractivity contribution in [3.8, 4) is 5.75 Å². The van der Waals surface area contributed by atoms with Crippen LogP contribution in [0.25, 0.3) is 0 Å². The molecule has 0 amide bonds. The summed E-state index contributed by atoms with van der Waals surface area (Å²) in [4.78, 5) is 11.7. The number of carbonyl (C=O) groups excluding carboxylic acids is 1. The predicted molar refractivity (Wildman–Crippen MR) is 81.1 cm³/mol. The fraction of sp³-hybridized carbons (Fsp3) is 0.588. The molecule has 0 saturated carbocycles. The van der Waals surface area contributed by atoms with Gasteiger partial charge in [-0.25, -0.2) is 4.79 Å². The van der Waals surface area contributed by atoms with E-state index in [0.29, 0.717) is 5.56 Å². The molecular weight excluding hydrogens is 252 g/mol. The summed E-state index contributed by atoms with van der Waals surface area (Å²) in [6, 6.07) is 5.20. The van der Waals surface area contributed by atoms with Crippen molar-refractivity contribution in [2.75, 3.05) is 7.11 Å². The molecule has 0 aliphatic carbocycles. The van der Waals surface area contributed by atoms with E-state index in [1.54, 1.807) is 6.07 Å². The Balaban J connectivity index is 2.44. The number of esters is 1. The molecule has 3 heteroatoms. The fourth-order valence-corrected chi connectivity index (χ4v) is 2.41. The molecule has 1 rings (SSSR count). The second-order valence-electron chi connectivity index (χ2n) is 5.17. The van der Waals surface area contributed by atoms with Gasteiger partial charge in [0.1, 0.15) is 11.3 Å². The molecule has 0 aromatic heterocycles. The normalized spacial score (nSPS) is 10.5. The van der Waals surface area contributed by atoms with Crippen LogP contribution in [0.3, 0.4) is 0 Å². The maximum atomic E-state index is 11.7. The zero-order chi connectivity index (χ0) is 14.8. The van der Waals surface area contributed by atoms with E-state index in [1.165, 1.54) is 51.7 Å². The summed E-state index contributed by atoms with van der Waals surface area (Å²) in [5.74, 6) is -0.446. The Morgan fingerprint density at radius 3 is 2.40 bits per heavy atom. The second kappa shape index (κ2) is 9.40. The van der Waals surface area contributed by atoms with E-state index in [1.807, 2.05) is 6.07 Å². The quantitative estimate of drug-likeness (QED) is 0.535. The van der Waals surface area contributed by atoms with E-state index < -0.39 is 5.97 Å². The standard InChI is InChI=1S/C17H26O3/c1-3-4-5-6-7-8-9-11-14-12-10-13-15(18)16(14)17(19)20-2/h10,12-13,18H,3-9,11H2,1-2H3. The van der Waals surface area contributed by atoms with Gasteiger partial charge in [-0.05, 0) is 24.5 Å². The third-order valence-corrected chi connectivity index (χ3v) is 3.57. The number of phenols is 1. The number of hydrogen-bond acceptors (Lipinski definition) is 3. The Kier molecular flexibility index (Phi) is 7.78. The molecule has 112 valence electrons. The van der Waals surface area contributed by atoms with Gasteiger partial charge < -0.3 is 9.84 Å². The van der Waals surface area contributed by atoms with Gasteiger partial charge in [0.25, 0.3) is 0 Å². The fourth-order valence-electron chi connectivity index (χ4n) is 2.41. The van der Waals surface area contributed by atoms with Crippen LogP contribution < -0.4 is 0 Å². The highest BCUT2D eigenvalue weighted by molar-refractivity contribution is 5.94. The molecular formula is C17H26O3. The number of benzene rings is 1. The summed E-state index contributed by atoms with van der Waals surface area (Å²) in [6.45, 7) is 2.22. The van der Waals surface area contributed by atoms with Gasteiger partial charge in [-0.3, -0.25) is 0 Å². The van der Waals surface area contributed by atoms with Crippen LogP contribution in [0.2, 0.25) is 0 Å². The minimum absolute atomic E-state index is 0.0114. The molecule has 0 unspecified atom stereocenters. The molecule has 0 aliphatic heterocycles. The predicted octanol–water partition coefficient (Wildman–Crippen LogP) is 4.47. The van der Waals surface area contributed by atoms with E-state index in [0.717, 1.165) is 18.4 Å². The topological polar surface area (TPSA) is 46.5 Å². The van der Waals surface area contributed by atoms with Gasteiger partial charge in [-0.1, -0.05) is 57.6 Å². The number of ether oxygens (including phenoxy) is 1. The Bertz CT molecular complexity index is 413. The van der Waals surface area contributed by atoms with Crippen LogP contribution in [0.1, 0.15) is 67.8 Å². The van der Waals surface area contributed by atoms with Crippen molar-refractivity contribution < 1.29 is 14.6 Å². The third-order valence-electron chi connectivity index (χ3n) is 3.57. The van der Waals surface area contributed by atoms with Gasteiger partial charge in [0, 0.05) is 0 Å². The molecule has 0 fully saturated rings. The number of phenolic OH excluding ortho intramolecular Hbond substituents is 1. The van der Waals surface area contributed by atoms with Crippen molar-refractivity contribution in [2.24, 2.45) is 0 Å². The molecule has 0 heterocycles. The van der Waals surface area contributed by atoms with Crippen LogP contribution >= 0.6 is 0 Å². The summed E-state index contributed by atoms with van der Waals surface area (Å²) in [5.41, 5.74) is 1.20. The lowest BCUT2D eigenvalue weighted by atomic mass is 9.99. The van der Waals surface area contributed by atoms with E-state index in [4.69, 9.17) is 4.74 Å². The monoisotopic (exact) mass is 278 g/mol. The van der Waals surface area contributed by atoms with Gasteiger partial charge in [0.2, 0.25) is 0 Å². The largest absolute Gasteiger partial charge is 0.507 e. The van der Waals surface area contributed by atoms with E-state index in [9.17, 15) is 9.90 Å². The van der Waals surface area contributed by atoms with Gasteiger partial charge in [0.05, 0.1) is 7.11 Å². The first-order valence-electron chi connectivity index (χ1n) is 7.59. The first-order chi connectivity index (χ1) is 9.70. The van der Waals surface area contributed by atoms with Crippen molar-refractivity contribution in [2.45, 2.75) is 58.3 Å². The van der Waals surface area contributed by atoms with Gasteiger partial charge >= 0.3 is 5.97 Å². The highest BCUT2D eigenvalue weighted by atomic mass is 16.5. The molecule has 3 nitrogen and oxygen atoms in total. The maximum absolute atomic E-state index is 11.7. The van der Waals surface area contributed by atoms with Gasteiger partial charge in [-0.15, -0.1) is 0 Å². The molecule has 1 N–H and O–H groups in total. The molecule has 0 atom stereocenters. The van der Waals surface area contributed by atoms with Crippen LogP contribution in [0, 0.1) is 0 Å². The minimum atomic E-state index is -0.457. The Labute approximate surface area is 122 Å². The number of aromatic hydroxyl groups is 1. The molecule has 0 bridgehead atoms. The second-order valence-corrected chi connectivity index (χ2v) is 5.17. The maximum Gasteiger partial charge on any atom is 0.341 e. The lowest BCUT2D eigenvalue weighted by Gasteiger charge is -2.09. The SMILES string of the molecule is CCCCCCCCCc1cccc(O)c1C(=O)OC. The first-order valence-corrected chi connectivity index (χ1v) is 7.59. The number of aryl methyl sites for hydroxylation is 1. The Morgan fingerprint density at radius 2 is 1.75 bits per heavy atom. The molecule has 1 aromatic carbocycles. The molecule has 0 aliphatic rings. The van der Waals surface area contributed by atoms with Crippen LogP contribution in [0.15, 0.2) is 18.2 Å². The van der Waals surface area contributed by atoms with Crippen molar-refractivity contribution in [1.82, 2.24) is 0 Å². The van der Waals surface area contributed by atoms with Crippen molar-refractivity contribution in [1.29, 1.82) is 0 Å². The van der Waals surface area contributed by atoms with Crippen molar-refractivity contribution in [3.63, 3.8) is 0 Å². The van der Waals surface area contributed by atoms with Gasteiger partial charge in [0.15, 0.2) is 0 Å². The molecule has 0 spiro atoms. The van der Waals surface area contributed by atoms with Crippen LogP contribution in [-0.2, 0) is 11.2 Å². The van der Waals surface area contributed by atoms with Crippen LogP contribution in [0.4, 0.5) is 0 Å². The van der Waals surface area contributed by atoms with E-state index in [2.05, 4.69) is 6.92 Å². The van der Waals surface area contributed by atoms with E-state index >= 15 is 0 Å². The van der Waals surface area contributed by atoms with E-state index in [-0.39, 0.29) is 5.75 Å². The lowest BCUT2D eigenvalue weighted by Crippen LogP contribution is -2.06. The smallest absolute Gasteiger partial charge is 0.341 e. The lowest BCUT2D eigenvalue weighted by molar-refractivity contribution is 0.0596. The highest BCUT2D eigenvalue weighted by Gasteiger charge is 2.15. The summed E-state index contributed by atoms with van der Waals surface area (Å²) >= 11 is 0. The van der Waals surface area contributed by atoms with Crippen molar-refractivity contribution in [3.05, 3.63) is 29.3 Å². The first kappa shape index (κ1) is 16.5. The number of carbonyl (C=O) groups is 1. The van der Waals surface area contributed by atoms with Crippen LogP contribution in [-0.4, -0.2) is 18.2 Å². The molecule has 0 saturated heterocycles. The molecule has 20 heavy (non-hydrogen) atoms. The Hall–Kier alpha value is -1.51. The summed E-state index contributed by atoms with van der Waals surface area (Å²) in [6.07, 6.45) is 9.46. The average Bonchev–Trinajstić information content (AvgIpc) is 2.45. The van der Waals surface area contributed by atoms with Gasteiger partial charge in [-0.2, -0.15) is 0 Å².